The third-order valence-corrected chi connectivity index (χ3v) is 3.74. The van der Waals surface area contributed by atoms with Gasteiger partial charge in [-0.3, -0.25) is 0 Å². The standard InChI is InChI=1S/C7H15IO/c1-3-7(4-2,5-8)6-9/h9H,3-6H2,1-2H3. The SMILES string of the molecule is CCC(CC)(CO)CI. The Bertz CT molecular complexity index is 51.8. The van der Waals surface area contributed by atoms with E-state index in [9.17, 15) is 0 Å². The van der Waals surface area contributed by atoms with Gasteiger partial charge < -0.3 is 5.11 Å². The molecule has 0 saturated heterocycles. The van der Waals surface area contributed by atoms with E-state index in [4.69, 9.17) is 5.11 Å². The average Bonchev–Trinajstić information content (AvgIpc) is 1.95. The van der Waals surface area contributed by atoms with E-state index in [-0.39, 0.29) is 5.41 Å². The van der Waals surface area contributed by atoms with Gasteiger partial charge in [0.25, 0.3) is 0 Å². The molecular weight excluding hydrogens is 227 g/mol. The van der Waals surface area contributed by atoms with Crippen LogP contribution in [0.2, 0.25) is 0 Å². The third kappa shape index (κ3) is 2.42. The van der Waals surface area contributed by atoms with Crippen LogP contribution in [0.25, 0.3) is 0 Å². The summed E-state index contributed by atoms with van der Waals surface area (Å²) in [7, 11) is 0. The molecule has 0 aromatic carbocycles. The molecule has 0 aliphatic rings. The molecule has 0 radical (unpaired) electrons. The minimum atomic E-state index is 0.209. The van der Waals surface area contributed by atoms with Gasteiger partial charge in [0.15, 0.2) is 0 Å². The summed E-state index contributed by atoms with van der Waals surface area (Å²) in [5.74, 6) is 0. The van der Waals surface area contributed by atoms with Crippen molar-refractivity contribution in [1.29, 1.82) is 0 Å². The molecule has 0 atom stereocenters. The molecule has 0 bridgehead atoms. The normalized spacial score (nSPS) is 12.0. The molecule has 0 aromatic rings. The summed E-state index contributed by atoms with van der Waals surface area (Å²) in [6.45, 7) is 4.61. The maximum Gasteiger partial charge on any atom is 0.0494 e. The Morgan fingerprint density at radius 3 is 1.78 bits per heavy atom. The lowest BCUT2D eigenvalue weighted by Crippen LogP contribution is -2.25. The molecule has 0 unspecified atom stereocenters. The van der Waals surface area contributed by atoms with Gasteiger partial charge in [0.05, 0.1) is 0 Å². The second-order valence-corrected chi connectivity index (χ2v) is 3.26. The topological polar surface area (TPSA) is 20.2 Å². The molecular formula is C7H15IO. The maximum atomic E-state index is 8.97. The fourth-order valence-corrected chi connectivity index (χ4v) is 2.02. The van der Waals surface area contributed by atoms with Crippen LogP contribution in [0.15, 0.2) is 0 Å². The summed E-state index contributed by atoms with van der Waals surface area (Å²) in [6, 6.07) is 0. The van der Waals surface area contributed by atoms with E-state index in [1.165, 1.54) is 0 Å². The smallest absolute Gasteiger partial charge is 0.0494 e. The van der Waals surface area contributed by atoms with E-state index in [0.29, 0.717) is 6.61 Å². The first-order valence-corrected chi connectivity index (χ1v) is 4.94. The summed E-state index contributed by atoms with van der Waals surface area (Å²) >= 11 is 2.34. The van der Waals surface area contributed by atoms with Crippen molar-refractivity contribution in [3.05, 3.63) is 0 Å². The van der Waals surface area contributed by atoms with Crippen molar-refractivity contribution in [3.8, 4) is 0 Å². The van der Waals surface area contributed by atoms with Crippen molar-refractivity contribution < 1.29 is 5.11 Å². The second-order valence-electron chi connectivity index (χ2n) is 2.50. The van der Waals surface area contributed by atoms with Crippen LogP contribution in [0.5, 0.6) is 0 Å². The number of alkyl halides is 1. The van der Waals surface area contributed by atoms with E-state index in [2.05, 4.69) is 36.4 Å². The van der Waals surface area contributed by atoms with E-state index in [0.717, 1.165) is 17.3 Å². The van der Waals surface area contributed by atoms with Crippen LogP contribution < -0.4 is 0 Å². The first-order valence-electron chi connectivity index (χ1n) is 3.41. The van der Waals surface area contributed by atoms with Crippen molar-refractivity contribution in [1.82, 2.24) is 0 Å². The minimum absolute atomic E-state index is 0.209. The Morgan fingerprint density at radius 1 is 1.33 bits per heavy atom. The lowest BCUT2D eigenvalue weighted by atomic mass is 9.86. The Morgan fingerprint density at radius 2 is 1.78 bits per heavy atom. The summed E-state index contributed by atoms with van der Waals surface area (Å²) in [5, 5.41) is 8.97. The zero-order valence-electron chi connectivity index (χ0n) is 6.15. The van der Waals surface area contributed by atoms with Gasteiger partial charge in [0.1, 0.15) is 0 Å². The Kier molecular flexibility index (Phi) is 4.84. The average molecular weight is 242 g/mol. The molecule has 0 spiro atoms. The molecule has 0 fully saturated rings. The maximum absolute atomic E-state index is 8.97. The molecule has 0 aromatic heterocycles. The van der Waals surface area contributed by atoms with Crippen molar-refractivity contribution in [2.24, 2.45) is 5.41 Å². The van der Waals surface area contributed by atoms with Gasteiger partial charge in [0, 0.05) is 16.4 Å². The summed E-state index contributed by atoms with van der Waals surface area (Å²) in [6.07, 6.45) is 2.17. The number of rotatable bonds is 4. The number of aliphatic hydroxyl groups excluding tert-OH is 1. The molecule has 1 nitrogen and oxygen atoms in total. The fraction of sp³-hybridized carbons (Fsp3) is 1.00. The lowest BCUT2D eigenvalue weighted by molar-refractivity contribution is 0.141. The molecule has 1 N–H and O–H groups in total. The number of hydrogen-bond donors (Lipinski definition) is 1. The van der Waals surface area contributed by atoms with Crippen LogP contribution >= 0.6 is 22.6 Å². The lowest BCUT2D eigenvalue weighted by Gasteiger charge is -2.26. The molecule has 0 heterocycles. The fourth-order valence-electron chi connectivity index (χ4n) is 0.705. The summed E-state index contributed by atoms with van der Waals surface area (Å²) < 4.78 is 1.06. The van der Waals surface area contributed by atoms with E-state index < -0.39 is 0 Å². The van der Waals surface area contributed by atoms with Gasteiger partial charge in [-0.1, -0.05) is 36.4 Å². The van der Waals surface area contributed by atoms with E-state index in [1.807, 2.05) is 0 Å². The Hall–Kier alpha value is 0.690. The molecule has 2 heteroatoms. The van der Waals surface area contributed by atoms with Gasteiger partial charge in [-0.2, -0.15) is 0 Å². The minimum Gasteiger partial charge on any atom is -0.396 e. The van der Waals surface area contributed by atoms with Gasteiger partial charge in [-0.25, -0.2) is 0 Å². The number of hydrogen-bond acceptors (Lipinski definition) is 1. The number of aliphatic hydroxyl groups is 1. The van der Waals surface area contributed by atoms with Crippen LogP contribution in [-0.4, -0.2) is 16.1 Å². The highest BCUT2D eigenvalue weighted by atomic mass is 127. The van der Waals surface area contributed by atoms with Crippen molar-refractivity contribution in [2.45, 2.75) is 26.7 Å². The molecule has 56 valence electrons. The Labute approximate surface area is 71.0 Å². The van der Waals surface area contributed by atoms with Gasteiger partial charge in [0.2, 0.25) is 0 Å². The predicted molar refractivity (Wildman–Crippen MR) is 49.0 cm³/mol. The van der Waals surface area contributed by atoms with Crippen molar-refractivity contribution in [3.63, 3.8) is 0 Å². The van der Waals surface area contributed by atoms with Gasteiger partial charge >= 0.3 is 0 Å². The summed E-state index contributed by atoms with van der Waals surface area (Å²) in [4.78, 5) is 0. The molecule has 0 amide bonds. The Balaban J connectivity index is 3.82. The van der Waals surface area contributed by atoms with Crippen LogP contribution in [0.3, 0.4) is 0 Å². The molecule has 9 heavy (non-hydrogen) atoms. The van der Waals surface area contributed by atoms with Gasteiger partial charge in [-0.05, 0) is 12.8 Å². The summed E-state index contributed by atoms with van der Waals surface area (Å²) in [5.41, 5.74) is 0.209. The van der Waals surface area contributed by atoms with Crippen LogP contribution in [0, 0.1) is 5.41 Å². The van der Waals surface area contributed by atoms with E-state index in [1.54, 1.807) is 0 Å². The van der Waals surface area contributed by atoms with Crippen LogP contribution in [0.4, 0.5) is 0 Å². The predicted octanol–water partition coefficient (Wildman–Crippen LogP) is 2.22. The molecule has 0 rings (SSSR count). The highest BCUT2D eigenvalue weighted by molar-refractivity contribution is 14.1. The zero-order chi connectivity index (χ0) is 7.33. The zero-order valence-corrected chi connectivity index (χ0v) is 8.31. The largest absolute Gasteiger partial charge is 0.396 e. The van der Waals surface area contributed by atoms with E-state index >= 15 is 0 Å². The number of halogens is 1. The first-order chi connectivity index (χ1) is 4.24. The van der Waals surface area contributed by atoms with Crippen LogP contribution in [-0.2, 0) is 0 Å². The molecule has 0 saturated carbocycles. The van der Waals surface area contributed by atoms with Crippen LogP contribution in [0.1, 0.15) is 26.7 Å². The monoisotopic (exact) mass is 242 g/mol. The van der Waals surface area contributed by atoms with Gasteiger partial charge in [-0.15, -0.1) is 0 Å². The third-order valence-electron chi connectivity index (χ3n) is 2.12. The second kappa shape index (κ2) is 4.50. The molecule has 0 aliphatic heterocycles. The highest BCUT2D eigenvalue weighted by Crippen LogP contribution is 2.27. The first kappa shape index (κ1) is 9.69. The highest BCUT2D eigenvalue weighted by Gasteiger charge is 2.22. The van der Waals surface area contributed by atoms with Crippen molar-refractivity contribution >= 4 is 22.6 Å². The molecule has 0 aliphatic carbocycles. The van der Waals surface area contributed by atoms with Crippen molar-refractivity contribution in [2.75, 3.05) is 11.0 Å². The quantitative estimate of drug-likeness (QED) is 0.592.